The lowest BCUT2D eigenvalue weighted by Crippen LogP contribution is -2.00. The molecule has 0 amide bonds. The molecular weight excluding hydrogens is 587 g/mol. The zero-order chi connectivity index (χ0) is 31.6. The Balaban J connectivity index is 1.24. The second kappa shape index (κ2) is 10.5. The molecular formula is C43H27N5. The van der Waals surface area contributed by atoms with Gasteiger partial charge in [-0.1, -0.05) is 84.9 Å². The molecule has 0 saturated heterocycles. The first-order chi connectivity index (χ1) is 23.8. The third-order valence-electron chi connectivity index (χ3n) is 9.42. The highest BCUT2D eigenvalue weighted by Crippen LogP contribution is 2.39. The van der Waals surface area contributed by atoms with Gasteiger partial charge >= 0.3 is 0 Å². The maximum atomic E-state index is 5.07. The predicted octanol–water partition coefficient (Wildman–Crippen LogP) is 10.6. The summed E-state index contributed by atoms with van der Waals surface area (Å²) >= 11 is 0. The molecule has 48 heavy (non-hydrogen) atoms. The fourth-order valence-electron chi connectivity index (χ4n) is 7.26. The van der Waals surface area contributed by atoms with Crippen LogP contribution in [-0.2, 0) is 0 Å². The zero-order valence-corrected chi connectivity index (χ0v) is 25.8. The smallest absolute Gasteiger partial charge is 0.161 e. The van der Waals surface area contributed by atoms with Gasteiger partial charge in [-0.05, 0) is 77.0 Å². The highest BCUT2D eigenvalue weighted by atomic mass is 15.1. The van der Waals surface area contributed by atoms with Crippen LogP contribution in [0.15, 0.2) is 164 Å². The molecule has 0 N–H and O–H groups in total. The maximum Gasteiger partial charge on any atom is 0.161 e. The molecule has 10 rings (SSSR count). The lowest BCUT2D eigenvalue weighted by Gasteiger charge is -2.11. The van der Waals surface area contributed by atoms with Gasteiger partial charge in [-0.2, -0.15) is 0 Å². The van der Waals surface area contributed by atoms with Crippen molar-refractivity contribution < 1.29 is 0 Å². The average molecular weight is 614 g/mol. The Morgan fingerprint density at radius 1 is 0.417 bits per heavy atom. The monoisotopic (exact) mass is 613 g/mol. The Morgan fingerprint density at radius 2 is 1.06 bits per heavy atom. The van der Waals surface area contributed by atoms with E-state index in [1.165, 1.54) is 43.4 Å². The minimum Gasteiger partial charge on any atom is -0.309 e. The highest BCUT2D eigenvalue weighted by Gasteiger charge is 2.18. The average Bonchev–Trinajstić information content (AvgIpc) is 3.65. The van der Waals surface area contributed by atoms with E-state index < -0.39 is 0 Å². The van der Waals surface area contributed by atoms with E-state index in [-0.39, 0.29) is 0 Å². The van der Waals surface area contributed by atoms with Gasteiger partial charge in [0.1, 0.15) is 5.82 Å². The largest absolute Gasteiger partial charge is 0.309 e. The van der Waals surface area contributed by atoms with Gasteiger partial charge in [0.25, 0.3) is 0 Å². The number of hydrogen-bond donors (Lipinski definition) is 0. The van der Waals surface area contributed by atoms with E-state index in [0.29, 0.717) is 5.82 Å². The molecule has 0 bridgehead atoms. The minimum atomic E-state index is 0.708. The van der Waals surface area contributed by atoms with Crippen molar-refractivity contribution >= 4 is 54.4 Å². The molecule has 5 heteroatoms. The Morgan fingerprint density at radius 3 is 1.81 bits per heavy atom. The van der Waals surface area contributed by atoms with Gasteiger partial charge in [0.05, 0.1) is 22.1 Å². The number of aromatic nitrogens is 5. The third-order valence-corrected chi connectivity index (χ3v) is 9.42. The summed E-state index contributed by atoms with van der Waals surface area (Å²) in [5.74, 6) is 1.55. The molecule has 0 saturated carbocycles. The van der Waals surface area contributed by atoms with E-state index in [1.54, 1.807) is 0 Å². The predicted molar refractivity (Wildman–Crippen MR) is 197 cm³/mol. The lowest BCUT2D eigenvalue weighted by atomic mass is 10.0. The van der Waals surface area contributed by atoms with Gasteiger partial charge in [0.15, 0.2) is 5.82 Å². The van der Waals surface area contributed by atoms with Crippen molar-refractivity contribution in [2.24, 2.45) is 0 Å². The van der Waals surface area contributed by atoms with Crippen molar-refractivity contribution in [2.75, 3.05) is 0 Å². The summed E-state index contributed by atoms with van der Waals surface area (Å²) in [5, 5.41) is 7.24. The maximum absolute atomic E-state index is 5.07. The van der Waals surface area contributed by atoms with E-state index >= 15 is 0 Å². The van der Waals surface area contributed by atoms with Crippen LogP contribution in [-0.4, -0.2) is 24.1 Å². The first-order valence-corrected chi connectivity index (χ1v) is 16.1. The molecule has 10 aromatic rings. The van der Waals surface area contributed by atoms with Crippen LogP contribution in [0.3, 0.4) is 0 Å². The summed E-state index contributed by atoms with van der Waals surface area (Å²) < 4.78 is 4.66. The summed E-state index contributed by atoms with van der Waals surface area (Å²) in [6.07, 6.45) is 5.59. The molecule has 0 spiro atoms. The zero-order valence-electron chi connectivity index (χ0n) is 25.8. The van der Waals surface area contributed by atoms with Crippen molar-refractivity contribution in [1.29, 1.82) is 0 Å². The second-order valence-corrected chi connectivity index (χ2v) is 12.2. The minimum absolute atomic E-state index is 0.708. The van der Waals surface area contributed by atoms with Gasteiger partial charge in [0, 0.05) is 56.9 Å². The van der Waals surface area contributed by atoms with Crippen molar-refractivity contribution in [3.05, 3.63) is 164 Å². The molecule has 0 unspecified atom stereocenters. The van der Waals surface area contributed by atoms with Crippen LogP contribution < -0.4 is 0 Å². The number of hydrogen-bond acceptors (Lipinski definition) is 3. The molecule has 0 radical (unpaired) electrons. The molecule has 224 valence electrons. The van der Waals surface area contributed by atoms with Crippen LogP contribution in [0.5, 0.6) is 0 Å². The van der Waals surface area contributed by atoms with Crippen LogP contribution in [0.2, 0.25) is 0 Å². The second-order valence-electron chi connectivity index (χ2n) is 12.2. The highest BCUT2D eigenvalue weighted by molar-refractivity contribution is 6.18. The summed E-state index contributed by atoms with van der Waals surface area (Å²) in [7, 11) is 0. The molecule has 0 aliphatic rings. The Hall–Kier alpha value is -6.59. The van der Waals surface area contributed by atoms with Gasteiger partial charge in [-0.25, -0.2) is 9.97 Å². The van der Waals surface area contributed by atoms with E-state index in [0.717, 1.165) is 39.2 Å². The Kier molecular flexibility index (Phi) is 5.81. The fourth-order valence-corrected chi connectivity index (χ4v) is 7.26. The van der Waals surface area contributed by atoms with Crippen LogP contribution in [0, 0.1) is 0 Å². The summed E-state index contributed by atoms with van der Waals surface area (Å²) in [4.78, 5) is 14.1. The molecule has 4 aromatic heterocycles. The Bertz CT molecular complexity index is 2640. The van der Waals surface area contributed by atoms with Gasteiger partial charge in [0.2, 0.25) is 0 Å². The van der Waals surface area contributed by atoms with Crippen molar-refractivity contribution in [3.63, 3.8) is 0 Å². The summed E-state index contributed by atoms with van der Waals surface area (Å²) in [5.41, 5.74) is 8.93. The number of pyridine rings is 1. The molecule has 0 fully saturated rings. The van der Waals surface area contributed by atoms with Crippen molar-refractivity contribution in [2.45, 2.75) is 0 Å². The van der Waals surface area contributed by atoms with Gasteiger partial charge < -0.3 is 4.57 Å². The molecule has 5 nitrogen and oxygen atoms in total. The van der Waals surface area contributed by atoms with E-state index in [2.05, 4.69) is 134 Å². The quantitative estimate of drug-likeness (QED) is 0.198. The first-order valence-electron chi connectivity index (χ1n) is 16.1. The van der Waals surface area contributed by atoms with E-state index in [1.807, 2.05) is 48.9 Å². The van der Waals surface area contributed by atoms with Gasteiger partial charge in [-0.15, -0.1) is 0 Å². The van der Waals surface area contributed by atoms with Crippen LogP contribution in [0.1, 0.15) is 0 Å². The number of nitrogens with zero attached hydrogens (tertiary/aromatic N) is 5. The number of fused-ring (bicyclic) bond motifs is 7. The molecule has 0 atom stereocenters. The van der Waals surface area contributed by atoms with E-state index in [4.69, 9.17) is 4.98 Å². The molecule has 6 aromatic carbocycles. The topological polar surface area (TPSA) is 48.5 Å². The normalized spacial score (nSPS) is 11.8. The van der Waals surface area contributed by atoms with Crippen molar-refractivity contribution in [3.8, 4) is 34.0 Å². The number of para-hydroxylation sites is 2. The number of benzene rings is 6. The van der Waals surface area contributed by atoms with Crippen LogP contribution >= 0.6 is 0 Å². The summed E-state index contributed by atoms with van der Waals surface area (Å²) in [6, 6.07) is 51.6. The van der Waals surface area contributed by atoms with Crippen molar-refractivity contribution in [1.82, 2.24) is 24.1 Å². The van der Waals surface area contributed by atoms with Crippen LogP contribution in [0.25, 0.3) is 88.4 Å². The van der Waals surface area contributed by atoms with Crippen LogP contribution in [0.4, 0.5) is 0 Å². The van der Waals surface area contributed by atoms with Gasteiger partial charge in [-0.3, -0.25) is 9.55 Å². The lowest BCUT2D eigenvalue weighted by molar-refractivity contribution is 1.04. The van der Waals surface area contributed by atoms with E-state index in [9.17, 15) is 0 Å². The molecule has 0 aliphatic heterocycles. The Labute approximate surface area is 276 Å². The number of rotatable bonds is 4. The first kappa shape index (κ1) is 26.6. The third kappa shape index (κ3) is 4.08. The molecule has 0 aliphatic carbocycles. The SMILES string of the molecule is c1ccc(-c2nccc(-n3c4ccccc4c4cc5cc6c7ccccc7n(-c7cccc(-c8cccnc8)c7)c6cc5cc43)n2)cc1. The standard InChI is InChI=1S/C43H27N5/c1-2-10-28(11-3-1)43-45-21-19-42(46-43)48-39-18-7-5-16-35(39)37-24-31-23-36-34-15-4-6-17-38(34)47(40(36)25-32(31)26-41(37)48)33-14-8-12-29(22-33)30-13-9-20-44-27-30/h1-27H. The fraction of sp³-hybridized carbons (Fsp3) is 0. The molecule has 4 heterocycles. The summed E-state index contributed by atoms with van der Waals surface area (Å²) in [6.45, 7) is 0.